The third-order valence-corrected chi connectivity index (χ3v) is 3.48. The minimum absolute atomic E-state index is 0.130. The van der Waals surface area contributed by atoms with Crippen LogP contribution in [0.15, 0.2) is 24.3 Å². The Morgan fingerprint density at radius 2 is 1.76 bits per heavy atom. The van der Waals surface area contributed by atoms with Gasteiger partial charge in [0.2, 0.25) is 0 Å². The largest absolute Gasteiger partial charge is 0.508 e. The summed E-state index contributed by atoms with van der Waals surface area (Å²) in [4.78, 5) is 2.50. The Labute approximate surface area is 103 Å². The van der Waals surface area contributed by atoms with E-state index in [0.717, 1.165) is 32.7 Å². The maximum Gasteiger partial charge on any atom is 0.115 e. The zero-order valence-corrected chi connectivity index (χ0v) is 10.7. The first-order chi connectivity index (χ1) is 8.08. The Morgan fingerprint density at radius 3 is 2.35 bits per heavy atom. The number of nitrogens with one attached hydrogen (secondary N) is 1. The van der Waals surface area contributed by atoms with Gasteiger partial charge < -0.3 is 10.4 Å². The summed E-state index contributed by atoms with van der Waals surface area (Å²) in [6, 6.07) is 7.60. The fraction of sp³-hybridized carbons (Fsp3) is 0.571. The van der Waals surface area contributed by atoms with Crippen LogP contribution in [-0.4, -0.2) is 42.7 Å². The first-order valence-corrected chi connectivity index (χ1v) is 6.30. The fourth-order valence-corrected chi connectivity index (χ4v) is 2.43. The van der Waals surface area contributed by atoms with Crippen LogP contribution in [0.5, 0.6) is 5.75 Å². The lowest BCUT2D eigenvalue weighted by molar-refractivity contribution is 0.200. The summed E-state index contributed by atoms with van der Waals surface area (Å²) in [5.41, 5.74) is 1.42. The van der Waals surface area contributed by atoms with Gasteiger partial charge in [-0.05, 0) is 17.7 Å². The molecule has 1 heterocycles. The summed E-state index contributed by atoms with van der Waals surface area (Å²) in [7, 11) is 0. The Bertz CT molecular complexity index is 353. The van der Waals surface area contributed by atoms with E-state index >= 15 is 0 Å². The van der Waals surface area contributed by atoms with Crippen molar-refractivity contribution in [2.45, 2.75) is 19.3 Å². The normalized spacial score (nSPS) is 18.2. The summed E-state index contributed by atoms with van der Waals surface area (Å²) in [6.45, 7) is 10.0. The second-order valence-corrected chi connectivity index (χ2v) is 5.46. The summed E-state index contributed by atoms with van der Waals surface area (Å²) in [6.07, 6.45) is 0. The summed E-state index contributed by atoms with van der Waals surface area (Å²) in [5, 5.41) is 12.7. The van der Waals surface area contributed by atoms with Crippen LogP contribution >= 0.6 is 0 Å². The average molecular weight is 234 g/mol. The van der Waals surface area contributed by atoms with Crippen LogP contribution in [0.25, 0.3) is 0 Å². The third kappa shape index (κ3) is 3.20. The predicted octanol–water partition coefficient (Wildman–Crippen LogP) is 1.57. The van der Waals surface area contributed by atoms with Gasteiger partial charge in [0.05, 0.1) is 0 Å². The van der Waals surface area contributed by atoms with Crippen molar-refractivity contribution in [3.63, 3.8) is 0 Å². The smallest absolute Gasteiger partial charge is 0.115 e. The van der Waals surface area contributed by atoms with E-state index in [4.69, 9.17) is 0 Å². The highest BCUT2D eigenvalue weighted by Crippen LogP contribution is 2.26. The summed E-state index contributed by atoms with van der Waals surface area (Å²) >= 11 is 0. The Morgan fingerprint density at radius 1 is 1.18 bits per heavy atom. The van der Waals surface area contributed by atoms with Crippen LogP contribution < -0.4 is 5.32 Å². The van der Waals surface area contributed by atoms with E-state index < -0.39 is 0 Å². The van der Waals surface area contributed by atoms with Crippen LogP contribution in [0.1, 0.15) is 19.4 Å². The zero-order valence-electron chi connectivity index (χ0n) is 10.7. The molecule has 0 aliphatic carbocycles. The van der Waals surface area contributed by atoms with E-state index in [9.17, 15) is 5.11 Å². The first-order valence-electron chi connectivity index (χ1n) is 6.30. The van der Waals surface area contributed by atoms with Crippen molar-refractivity contribution in [1.82, 2.24) is 10.2 Å². The van der Waals surface area contributed by atoms with Gasteiger partial charge in [0, 0.05) is 38.1 Å². The number of aromatic hydroxyl groups is 1. The van der Waals surface area contributed by atoms with Gasteiger partial charge in [0.15, 0.2) is 0 Å². The van der Waals surface area contributed by atoms with Gasteiger partial charge in [-0.25, -0.2) is 0 Å². The topological polar surface area (TPSA) is 35.5 Å². The van der Waals surface area contributed by atoms with Gasteiger partial charge in [-0.15, -0.1) is 0 Å². The minimum Gasteiger partial charge on any atom is -0.508 e. The van der Waals surface area contributed by atoms with Crippen LogP contribution in [-0.2, 0) is 5.41 Å². The van der Waals surface area contributed by atoms with Gasteiger partial charge in [-0.3, -0.25) is 4.90 Å². The van der Waals surface area contributed by atoms with Gasteiger partial charge in [0.1, 0.15) is 5.75 Å². The van der Waals surface area contributed by atoms with Crippen molar-refractivity contribution in [2.24, 2.45) is 0 Å². The van der Waals surface area contributed by atoms with Crippen LogP contribution in [0.2, 0.25) is 0 Å². The first kappa shape index (κ1) is 12.4. The molecule has 0 radical (unpaired) electrons. The molecule has 1 aromatic carbocycles. The molecule has 1 aliphatic heterocycles. The van der Waals surface area contributed by atoms with Crippen molar-refractivity contribution >= 4 is 0 Å². The number of hydrogen-bond donors (Lipinski definition) is 2. The molecule has 0 bridgehead atoms. The molecule has 0 amide bonds. The van der Waals surface area contributed by atoms with Crippen molar-refractivity contribution in [3.8, 4) is 5.75 Å². The predicted molar refractivity (Wildman–Crippen MR) is 70.4 cm³/mol. The van der Waals surface area contributed by atoms with Crippen molar-refractivity contribution in [3.05, 3.63) is 29.8 Å². The standard InChI is InChI=1S/C14H22N2O/c1-14(2,11-16-9-7-15-8-10-16)12-3-5-13(17)6-4-12/h3-6,15,17H,7-11H2,1-2H3. The Kier molecular flexibility index (Phi) is 3.69. The summed E-state index contributed by atoms with van der Waals surface area (Å²) in [5.74, 6) is 0.340. The molecular weight excluding hydrogens is 212 g/mol. The molecule has 0 aromatic heterocycles. The summed E-state index contributed by atoms with van der Waals surface area (Å²) < 4.78 is 0. The second kappa shape index (κ2) is 5.07. The molecule has 2 rings (SSSR count). The fourth-order valence-electron chi connectivity index (χ4n) is 2.43. The van der Waals surface area contributed by atoms with E-state index in [1.807, 2.05) is 12.1 Å². The van der Waals surface area contributed by atoms with Crippen LogP contribution in [0, 0.1) is 0 Å². The molecule has 94 valence electrons. The average Bonchev–Trinajstić information content (AvgIpc) is 2.30. The zero-order chi connectivity index (χ0) is 12.3. The SMILES string of the molecule is CC(C)(CN1CCNCC1)c1ccc(O)cc1. The molecule has 17 heavy (non-hydrogen) atoms. The van der Waals surface area contributed by atoms with Crippen molar-refractivity contribution in [1.29, 1.82) is 0 Å². The quantitative estimate of drug-likeness (QED) is 0.833. The van der Waals surface area contributed by atoms with E-state index in [2.05, 4.69) is 24.1 Å². The number of phenols is 1. The number of hydrogen-bond acceptors (Lipinski definition) is 3. The van der Waals surface area contributed by atoms with Crippen LogP contribution in [0.3, 0.4) is 0 Å². The Hall–Kier alpha value is -1.06. The molecule has 0 spiro atoms. The van der Waals surface area contributed by atoms with E-state index in [1.165, 1.54) is 5.56 Å². The molecule has 1 saturated heterocycles. The number of benzene rings is 1. The van der Waals surface area contributed by atoms with E-state index in [-0.39, 0.29) is 5.41 Å². The molecule has 0 atom stereocenters. The maximum absolute atomic E-state index is 9.33. The Balaban J connectivity index is 2.04. The maximum atomic E-state index is 9.33. The van der Waals surface area contributed by atoms with E-state index in [0.29, 0.717) is 5.75 Å². The van der Waals surface area contributed by atoms with Crippen molar-refractivity contribution in [2.75, 3.05) is 32.7 Å². The molecule has 0 unspecified atom stereocenters. The highest BCUT2D eigenvalue weighted by Gasteiger charge is 2.24. The number of rotatable bonds is 3. The van der Waals surface area contributed by atoms with Gasteiger partial charge in [-0.1, -0.05) is 26.0 Å². The van der Waals surface area contributed by atoms with Gasteiger partial charge in [-0.2, -0.15) is 0 Å². The second-order valence-electron chi connectivity index (χ2n) is 5.46. The number of nitrogens with zero attached hydrogens (tertiary/aromatic N) is 1. The van der Waals surface area contributed by atoms with Crippen LogP contribution in [0.4, 0.5) is 0 Å². The molecule has 2 N–H and O–H groups in total. The molecule has 1 aliphatic rings. The van der Waals surface area contributed by atoms with E-state index in [1.54, 1.807) is 12.1 Å². The lowest BCUT2D eigenvalue weighted by Crippen LogP contribution is -2.47. The van der Waals surface area contributed by atoms with Gasteiger partial charge >= 0.3 is 0 Å². The molecule has 1 aromatic rings. The highest BCUT2D eigenvalue weighted by atomic mass is 16.3. The third-order valence-electron chi connectivity index (χ3n) is 3.48. The van der Waals surface area contributed by atoms with Gasteiger partial charge in [0.25, 0.3) is 0 Å². The monoisotopic (exact) mass is 234 g/mol. The highest BCUT2D eigenvalue weighted by molar-refractivity contribution is 5.30. The lowest BCUT2D eigenvalue weighted by Gasteiger charge is -2.35. The lowest BCUT2D eigenvalue weighted by atomic mass is 9.84. The number of piperazine rings is 1. The number of phenolic OH excluding ortho intramolecular Hbond substituents is 1. The van der Waals surface area contributed by atoms with Crippen molar-refractivity contribution < 1.29 is 5.11 Å². The molecular formula is C14H22N2O. The molecule has 3 heteroatoms. The molecule has 3 nitrogen and oxygen atoms in total. The molecule has 1 fully saturated rings. The minimum atomic E-state index is 0.130. The molecule has 0 saturated carbocycles.